The van der Waals surface area contributed by atoms with Crippen LogP contribution in [0, 0.1) is 92.4 Å². The Labute approximate surface area is 653 Å². The number of ether oxygens (including phenoxy) is 9. The summed E-state index contributed by atoms with van der Waals surface area (Å²) in [5.41, 5.74) is 3.99. The molecule has 0 amide bonds. The molecule has 0 aromatic heterocycles. The smallest absolute Gasteiger partial charge is 0.344 e. The van der Waals surface area contributed by atoms with Crippen molar-refractivity contribution in [3.63, 3.8) is 0 Å². The van der Waals surface area contributed by atoms with Crippen LogP contribution < -0.4 is 28.4 Å². The van der Waals surface area contributed by atoms with Crippen LogP contribution in [0.2, 0.25) is 0 Å². The van der Waals surface area contributed by atoms with Crippen LogP contribution in [0.3, 0.4) is 0 Å². The zero-order valence-electron chi connectivity index (χ0n) is 54.6. The molecule has 0 saturated heterocycles. The van der Waals surface area contributed by atoms with Crippen LogP contribution in [0.1, 0.15) is 134 Å². The van der Waals surface area contributed by atoms with Crippen LogP contribution in [0.25, 0.3) is 11.1 Å². The highest BCUT2D eigenvalue weighted by Crippen LogP contribution is 2.65. The van der Waals surface area contributed by atoms with Gasteiger partial charge in [-0.05, 0) is 453 Å². The lowest BCUT2D eigenvalue weighted by atomic mass is 9.50. The number of carbonyl (C=O) groups excluding carboxylic acids is 3. The molecule has 97 heavy (non-hydrogen) atoms. The predicted octanol–water partition coefficient (Wildman–Crippen LogP) is 19.9. The Morgan fingerprint density at radius 1 is 0.351 bits per heavy atom. The molecule has 12 nitrogen and oxygen atoms in total. The van der Waals surface area contributed by atoms with Crippen molar-refractivity contribution in [2.45, 2.75) is 168 Å². The van der Waals surface area contributed by atoms with Gasteiger partial charge in [0.25, 0.3) is 0 Å². The summed E-state index contributed by atoms with van der Waals surface area (Å²) >= 11 is 13.8. The quantitative estimate of drug-likeness (QED) is 0.0300. The van der Waals surface area contributed by atoms with Crippen LogP contribution in [0.5, 0.6) is 34.5 Å². The average molecular weight is 2000 g/mol. The van der Waals surface area contributed by atoms with Crippen LogP contribution in [0.4, 0.5) is 0 Å². The van der Waals surface area contributed by atoms with E-state index in [0.717, 1.165) is 102 Å². The predicted molar refractivity (Wildman–Crippen MR) is 422 cm³/mol. The fourth-order valence-electron chi connectivity index (χ4n) is 20.2. The molecule has 19 heteroatoms. The molecule has 0 radical (unpaired) electrons. The first-order valence-corrected chi connectivity index (χ1v) is 42.5. The van der Waals surface area contributed by atoms with Crippen LogP contribution in [-0.2, 0) is 48.4 Å². The SMILES string of the molecule is CC1(OC(=O)COc2c(I)cc(COc3ccc([SH]4c5ccc(OCc6cc(I)c(OCC(=O)OC7(C)C8CC9CC(C8)CC7C9)c(I)c6)cc5-c5cc(OCc6cc(I)c(OCC(=O)OC7(C)C8CC9CC(C8)CC7C9)c(I)c6)ccc54)cc3)cc2I)C2CC3CC(C2)CC1C3. The number of esters is 3. The number of hydrogen-bond donors (Lipinski definition) is 1. The Bertz CT molecular complexity index is 3770. The van der Waals surface area contributed by atoms with Gasteiger partial charge in [-0.15, -0.1) is 0 Å². The summed E-state index contributed by atoms with van der Waals surface area (Å²) < 4.78 is 62.9. The van der Waals surface area contributed by atoms with Gasteiger partial charge < -0.3 is 42.6 Å². The van der Waals surface area contributed by atoms with Crippen molar-refractivity contribution < 1.29 is 57.0 Å². The molecule has 0 atom stereocenters. The van der Waals surface area contributed by atoms with Crippen LogP contribution in [-0.4, -0.2) is 54.5 Å². The number of benzene rings is 6. The number of carbonyl (C=O) groups is 3. The van der Waals surface area contributed by atoms with E-state index < -0.39 is 22.1 Å². The van der Waals surface area contributed by atoms with Crippen molar-refractivity contribution in [3.8, 4) is 45.6 Å². The fraction of sp³-hybridized carbons (Fsp3) is 0.500. The highest BCUT2D eigenvalue weighted by molar-refractivity contribution is 14.1. The summed E-state index contributed by atoms with van der Waals surface area (Å²) in [7, 11) is -0.977. The maximum absolute atomic E-state index is 13.5. The lowest BCUT2D eigenvalue weighted by Gasteiger charge is -2.59. The third kappa shape index (κ3) is 13.7. The molecule has 12 bridgehead atoms. The van der Waals surface area contributed by atoms with Gasteiger partial charge in [-0.2, -0.15) is 10.9 Å². The minimum atomic E-state index is -0.977. The lowest BCUT2D eigenvalue weighted by molar-refractivity contribution is -0.205. The molecule has 0 N–H and O–H groups in total. The third-order valence-corrected chi connectivity index (χ3v) is 31.8. The molecule has 12 saturated carbocycles. The highest BCUT2D eigenvalue weighted by Gasteiger charge is 2.60. The molecule has 0 unspecified atom stereocenters. The second kappa shape index (κ2) is 27.7. The van der Waals surface area contributed by atoms with Gasteiger partial charge in [-0.3, -0.25) is 0 Å². The van der Waals surface area contributed by atoms with E-state index in [1.807, 2.05) is 0 Å². The van der Waals surface area contributed by atoms with E-state index in [1.54, 1.807) is 0 Å². The Morgan fingerprint density at radius 2 is 0.608 bits per heavy atom. The average Bonchev–Trinajstić information content (AvgIpc) is 1.54. The van der Waals surface area contributed by atoms with Crippen LogP contribution >= 0.6 is 146 Å². The van der Waals surface area contributed by atoms with Gasteiger partial charge in [0.05, 0.1) is 21.4 Å². The molecule has 6 aromatic carbocycles. The number of rotatable bonds is 22. The van der Waals surface area contributed by atoms with E-state index in [9.17, 15) is 14.4 Å². The number of fused-ring (bicyclic) bond motifs is 3. The standard InChI is InChI=1S/C78H80I6O12S/c1-76(50-15-41-12-42(17-50)18-51(76)16-41)94-70(85)38-91-73-62(79)27-47(28-63(73)80)35-88-56-4-8-59(9-5-56)97-68-10-6-57(89-36-48-29-64(81)74(65(82)30-48)92-39-71(86)95-77(2)52-19-43-13-44(21-52)22-53(77)20-43)33-60(68)61-34-58(7-11-69(61)97)90-37-49-31-66(83)75(67(84)32-49)93-40-72(87)96-78(3)54-23-45-14-46(25-54)26-55(78)24-45/h4-11,27-34,41-46,50-55,97H,12-26,35-40H2,1-3H3. The van der Waals surface area contributed by atoms with Crippen molar-refractivity contribution in [2.24, 2.45) is 71.0 Å². The molecule has 12 fully saturated rings. The molecule has 12 aliphatic carbocycles. The number of hydrogen-bond acceptors (Lipinski definition) is 12. The lowest BCUT2D eigenvalue weighted by Crippen LogP contribution is -2.58. The molecule has 1 aliphatic heterocycles. The van der Waals surface area contributed by atoms with Crippen molar-refractivity contribution in [1.82, 2.24) is 0 Å². The third-order valence-electron chi connectivity index (χ3n) is 24.5. The van der Waals surface area contributed by atoms with E-state index >= 15 is 0 Å². The van der Waals surface area contributed by atoms with Gasteiger partial charge in [0.15, 0.2) is 19.8 Å². The van der Waals surface area contributed by atoms with Crippen molar-refractivity contribution in [1.29, 1.82) is 0 Å². The monoisotopic (exact) mass is 2000 g/mol. The van der Waals surface area contributed by atoms with Crippen molar-refractivity contribution >= 4 is 164 Å². The van der Waals surface area contributed by atoms with E-state index in [1.165, 1.54) is 111 Å². The second-order valence-corrected chi connectivity index (χ2v) is 39.6. The Hall–Kier alpha value is -2.74. The van der Waals surface area contributed by atoms with Crippen LogP contribution in [0.15, 0.2) is 112 Å². The summed E-state index contributed by atoms with van der Waals surface area (Å²) in [5, 5.41) is 0. The Balaban J connectivity index is 0.586. The highest BCUT2D eigenvalue weighted by atomic mass is 127. The first-order chi connectivity index (χ1) is 46.7. The normalized spacial score (nSPS) is 31.9. The minimum absolute atomic E-state index is 0.111. The summed E-state index contributed by atoms with van der Waals surface area (Å²) in [6, 6.07) is 33.8. The molecule has 512 valence electrons. The van der Waals surface area contributed by atoms with Gasteiger partial charge in [-0.25, -0.2) is 14.4 Å². The maximum atomic E-state index is 13.5. The largest absolute Gasteiger partial charge is 0.489 e. The van der Waals surface area contributed by atoms with Crippen molar-refractivity contribution in [2.75, 3.05) is 19.8 Å². The molecular formula is C78H80I6O12S. The molecule has 13 aliphatic rings. The second-order valence-electron chi connectivity index (χ2n) is 30.5. The molecule has 6 aromatic rings. The van der Waals surface area contributed by atoms with E-state index in [-0.39, 0.29) is 43.3 Å². The van der Waals surface area contributed by atoms with Gasteiger partial charge in [-0.1, -0.05) is 0 Å². The Kier molecular flexibility index (Phi) is 19.6. The summed E-state index contributed by atoms with van der Waals surface area (Å²) in [6.07, 6.45) is 18.2. The van der Waals surface area contributed by atoms with Gasteiger partial charge in [0.2, 0.25) is 0 Å². The number of thiol groups is 1. The van der Waals surface area contributed by atoms with E-state index in [0.29, 0.717) is 72.6 Å². The summed E-state index contributed by atoms with van der Waals surface area (Å²) in [4.78, 5) is 43.9. The van der Waals surface area contributed by atoms with Gasteiger partial charge >= 0.3 is 17.9 Å². The van der Waals surface area contributed by atoms with Gasteiger partial charge in [0, 0.05) is 9.79 Å². The minimum Gasteiger partial charge on any atom is -0.489 e. The number of halogens is 6. The maximum Gasteiger partial charge on any atom is 0.344 e. The zero-order valence-corrected chi connectivity index (χ0v) is 68.5. The zero-order chi connectivity index (χ0) is 66.8. The van der Waals surface area contributed by atoms with E-state index in [2.05, 4.69) is 253 Å². The first kappa shape index (κ1) is 68.7. The van der Waals surface area contributed by atoms with Gasteiger partial charge in [0.1, 0.15) is 71.1 Å². The Morgan fingerprint density at radius 3 is 0.887 bits per heavy atom. The van der Waals surface area contributed by atoms with E-state index in [4.69, 9.17) is 42.6 Å². The summed E-state index contributed by atoms with van der Waals surface area (Å²) in [6.45, 7) is 7.22. The molecule has 0 spiro atoms. The molecular weight excluding hydrogens is 1920 g/mol. The molecule has 19 rings (SSSR count). The topological polar surface area (TPSA) is 134 Å². The molecule has 1 heterocycles. The first-order valence-electron chi connectivity index (χ1n) is 34.7. The fourth-order valence-corrected chi connectivity index (χ4v) is 29.4. The van der Waals surface area contributed by atoms with Crippen molar-refractivity contribution in [3.05, 3.63) is 135 Å². The summed E-state index contributed by atoms with van der Waals surface area (Å²) in [5.74, 6) is 11.0.